The number of likely N-dealkylation sites (tertiary alicyclic amines) is 1. The number of aliphatic hydroxyl groups excluding tert-OH is 1. The van der Waals surface area contributed by atoms with E-state index in [-0.39, 0.29) is 5.91 Å². The Labute approximate surface area is 104 Å². The molecular weight excluding hydrogens is 238 g/mol. The third kappa shape index (κ3) is 1.91. The lowest BCUT2D eigenvalue weighted by Gasteiger charge is -2.36. The Morgan fingerprint density at radius 2 is 2.18 bits per heavy atom. The number of carbonyl (C=O) groups is 1. The first-order valence-electron chi connectivity index (χ1n) is 5.95. The summed E-state index contributed by atoms with van der Waals surface area (Å²) in [7, 11) is 0. The molecule has 0 spiro atoms. The molecule has 0 aromatic carbocycles. The predicted molar refractivity (Wildman–Crippen MR) is 65.2 cm³/mol. The van der Waals surface area contributed by atoms with Crippen LogP contribution in [0.5, 0.6) is 0 Å². The van der Waals surface area contributed by atoms with E-state index >= 15 is 0 Å². The Morgan fingerprint density at radius 1 is 1.41 bits per heavy atom. The molecule has 2 fully saturated rings. The van der Waals surface area contributed by atoms with Crippen LogP contribution in [0.2, 0.25) is 0 Å². The van der Waals surface area contributed by atoms with Crippen molar-refractivity contribution in [3.05, 3.63) is 11.1 Å². The molecule has 3 heterocycles. The molecule has 1 aromatic rings. The maximum absolute atomic E-state index is 12.1. The van der Waals surface area contributed by atoms with Gasteiger partial charge in [0.2, 0.25) is 0 Å². The van der Waals surface area contributed by atoms with Gasteiger partial charge in [-0.2, -0.15) is 0 Å². The number of hydrogen-bond donors (Lipinski definition) is 1. The number of nitrogens with zero attached hydrogens (tertiary/aromatic N) is 3. The smallest absolute Gasteiger partial charge is 0.273 e. The summed E-state index contributed by atoms with van der Waals surface area (Å²) in [5, 5.41) is 12.1. The fourth-order valence-corrected chi connectivity index (χ4v) is 3.04. The predicted octanol–water partition coefficient (Wildman–Crippen LogP) is 0.908. The molecule has 1 N–H and O–H groups in total. The number of amides is 1. The minimum atomic E-state index is -0.420. The molecule has 5 nitrogen and oxygen atoms in total. The maximum Gasteiger partial charge on any atom is 0.273 e. The zero-order valence-corrected chi connectivity index (χ0v) is 10.3. The lowest BCUT2D eigenvalue weighted by atomic mass is 10.2. The highest BCUT2D eigenvalue weighted by Gasteiger charge is 2.29. The lowest BCUT2D eigenvalue weighted by Crippen LogP contribution is -2.47. The van der Waals surface area contributed by atoms with E-state index in [0.717, 1.165) is 44.0 Å². The average molecular weight is 253 g/mol. The van der Waals surface area contributed by atoms with Gasteiger partial charge in [-0.3, -0.25) is 4.79 Å². The number of rotatable bonds is 2. The minimum absolute atomic E-state index is 0.0278. The minimum Gasteiger partial charge on any atom is -0.373 e. The first kappa shape index (κ1) is 11.0. The van der Waals surface area contributed by atoms with Crippen LogP contribution < -0.4 is 4.90 Å². The normalized spacial score (nSPS) is 23.9. The van der Waals surface area contributed by atoms with Crippen LogP contribution in [0, 0.1) is 0 Å². The molecule has 0 aliphatic carbocycles. The summed E-state index contributed by atoms with van der Waals surface area (Å²) in [6.07, 6.45) is 2.55. The van der Waals surface area contributed by atoms with Crippen molar-refractivity contribution in [2.75, 3.05) is 24.5 Å². The largest absolute Gasteiger partial charge is 0.373 e. The van der Waals surface area contributed by atoms with E-state index in [9.17, 15) is 9.90 Å². The van der Waals surface area contributed by atoms with Crippen LogP contribution in [-0.2, 0) is 0 Å². The fourth-order valence-electron chi connectivity index (χ4n) is 2.17. The lowest BCUT2D eigenvalue weighted by molar-refractivity contribution is 0.0786. The molecule has 3 rings (SSSR count). The molecule has 1 amide bonds. The van der Waals surface area contributed by atoms with E-state index < -0.39 is 6.23 Å². The summed E-state index contributed by atoms with van der Waals surface area (Å²) in [4.78, 5) is 20.1. The highest BCUT2D eigenvalue weighted by molar-refractivity contribution is 7.14. The summed E-state index contributed by atoms with van der Waals surface area (Å²) >= 11 is 1.43. The van der Waals surface area contributed by atoms with Crippen molar-refractivity contribution in [1.29, 1.82) is 0 Å². The van der Waals surface area contributed by atoms with Gasteiger partial charge in [0.25, 0.3) is 5.91 Å². The van der Waals surface area contributed by atoms with Crippen LogP contribution in [0.25, 0.3) is 0 Å². The first-order valence-corrected chi connectivity index (χ1v) is 6.83. The van der Waals surface area contributed by atoms with Gasteiger partial charge >= 0.3 is 0 Å². The summed E-state index contributed by atoms with van der Waals surface area (Å²) in [5.74, 6) is 0.0278. The second-order valence-corrected chi connectivity index (χ2v) is 5.31. The highest BCUT2D eigenvalue weighted by atomic mass is 32.1. The van der Waals surface area contributed by atoms with E-state index in [2.05, 4.69) is 4.98 Å². The number of aromatic nitrogens is 1. The molecule has 1 unspecified atom stereocenters. The van der Waals surface area contributed by atoms with Crippen LogP contribution in [0.3, 0.4) is 0 Å². The second kappa shape index (κ2) is 4.27. The fraction of sp³-hybridized carbons (Fsp3) is 0.636. The van der Waals surface area contributed by atoms with E-state index in [1.807, 2.05) is 9.80 Å². The molecule has 0 bridgehead atoms. The van der Waals surface area contributed by atoms with Crippen molar-refractivity contribution in [3.63, 3.8) is 0 Å². The standard InChI is InChI=1S/C11H15N3O2S/c15-9-3-6-14(9)11-12-8(7-17-11)10(16)13-4-1-2-5-13/h7,9,15H,1-6H2. The molecule has 0 saturated carbocycles. The monoisotopic (exact) mass is 253 g/mol. The van der Waals surface area contributed by atoms with Crippen molar-refractivity contribution < 1.29 is 9.90 Å². The quantitative estimate of drug-likeness (QED) is 0.851. The van der Waals surface area contributed by atoms with E-state index in [1.165, 1.54) is 11.3 Å². The van der Waals surface area contributed by atoms with Gasteiger partial charge in [-0.15, -0.1) is 11.3 Å². The Bertz CT molecular complexity index is 428. The van der Waals surface area contributed by atoms with Crippen LogP contribution in [0.1, 0.15) is 29.8 Å². The van der Waals surface area contributed by atoms with Crippen LogP contribution in [-0.4, -0.2) is 46.8 Å². The van der Waals surface area contributed by atoms with Gasteiger partial charge in [-0.1, -0.05) is 0 Å². The Balaban J connectivity index is 1.73. The number of thiazole rings is 1. The number of hydrogen-bond acceptors (Lipinski definition) is 5. The van der Waals surface area contributed by atoms with E-state index in [1.54, 1.807) is 5.38 Å². The summed E-state index contributed by atoms with van der Waals surface area (Å²) in [6, 6.07) is 0. The number of aliphatic hydroxyl groups is 1. The summed E-state index contributed by atoms with van der Waals surface area (Å²) in [6.45, 7) is 2.52. The van der Waals surface area contributed by atoms with Crippen molar-refractivity contribution in [3.8, 4) is 0 Å². The van der Waals surface area contributed by atoms with Crippen LogP contribution >= 0.6 is 11.3 Å². The van der Waals surface area contributed by atoms with Gasteiger partial charge in [-0.05, 0) is 12.8 Å². The Hall–Kier alpha value is -1.14. The highest BCUT2D eigenvalue weighted by Crippen LogP contribution is 2.28. The molecule has 1 aromatic heterocycles. The third-order valence-electron chi connectivity index (χ3n) is 3.34. The molecule has 1 atom stereocenters. The topological polar surface area (TPSA) is 56.7 Å². The SMILES string of the molecule is O=C(c1csc(N2CCC2O)n1)N1CCCC1. The Kier molecular flexibility index (Phi) is 2.76. The molecular formula is C11H15N3O2S. The maximum atomic E-state index is 12.1. The van der Waals surface area contributed by atoms with Crippen molar-refractivity contribution >= 4 is 22.4 Å². The van der Waals surface area contributed by atoms with Crippen molar-refractivity contribution in [1.82, 2.24) is 9.88 Å². The molecule has 92 valence electrons. The van der Waals surface area contributed by atoms with Gasteiger partial charge in [0.1, 0.15) is 11.9 Å². The van der Waals surface area contributed by atoms with Crippen LogP contribution in [0.4, 0.5) is 5.13 Å². The van der Waals surface area contributed by atoms with Crippen LogP contribution in [0.15, 0.2) is 5.38 Å². The van der Waals surface area contributed by atoms with Gasteiger partial charge in [0.15, 0.2) is 5.13 Å². The van der Waals surface area contributed by atoms with Gasteiger partial charge in [-0.25, -0.2) is 4.98 Å². The first-order chi connectivity index (χ1) is 8.25. The molecule has 2 aliphatic heterocycles. The summed E-state index contributed by atoms with van der Waals surface area (Å²) in [5.41, 5.74) is 0.519. The molecule has 17 heavy (non-hydrogen) atoms. The van der Waals surface area contributed by atoms with Crippen molar-refractivity contribution in [2.24, 2.45) is 0 Å². The second-order valence-electron chi connectivity index (χ2n) is 4.48. The van der Waals surface area contributed by atoms with E-state index in [0.29, 0.717) is 5.69 Å². The Morgan fingerprint density at radius 3 is 2.76 bits per heavy atom. The average Bonchev–Trinajstić information content (AvgIpc) is 2.97. The number of anilines is 1. The molecule has 6 heteroatoms. The van der Waals surface area contributed by atoms with Gasteiger partial charge in [0.05, 0.1) is 0 Å². The summed E-state index contributed by atoms with van der Waals surface area (Å²) < 4.78 is 0. The molecule has 0 radical (unpaired) electrons. The number of carbonyl (C=O) groups excluding carboxylic acids is 1. The van der Waals surface area contributed by atoms with Crippen molar-refractivity contribution in [2.45, 2.75) is 25.5 Å². The molecule has 2 saturated heterocycles. The molecule has 2 aliphatic rings. The van der Waals surface area contributed by atoms with Gasteiger partial charge in [0, 0.05) is 31.4 Å². The third-order valence-corrected chi connectivity index (χ3v) is 4.22. The van der Waals surface area contributed by atoms with E-state index in [4.69, 9.17) is 0 Å². The van der Waals surface area contributed by atoms with Gasteiger partial charge < -0.3 is 14.9 Å². The zero-order chi connectivity index (χ0) is 11.8. The zero-order valence-electron chi connectivity index (χ0n) is 9.50.